The van der Waals surface area contributed by atoms with E-state index in [1.165, 1.54) is 6.42 Å². The second kappa shape index (κ2) is 7.40. The van der Waals surface area contributed by atoms with Gasteiger partial charge in [-0.25, -0.2) is 0 Å². The number of nitrogens with zero attached hydrogens (tertiary/aromatic N) is 1. The molecule has 2 rings (SSSR count). The first-order valence-electron chi connectivity index (χ1n) is 8.41. The summed E-state index contributed by atoms with van der Waals surface area (Å²) in [7, 11) is -3.34. The summed E-state index contributed by atoms with van der Waals surface area (Å²) in [6, 6.07) is 0.107. The van der Waals surface area contributed by atoms with Crippen molar-refractivity contribution >= 4 is 10.2 Å². The topological polar surface area (TPSA) is 75.4 Å². The molecule has 0 spiro atoms. The summed E-state index contributed by atoms with van der Waals surface area (Å²) in [5, 5.41) is 0. The van der Waals surface area contributed by atoms with Gasteiger partial charge < -0.3 is 5.73 Å². The van der Waals surface area contributed by atoms with E-state index in [9.17, 15) is 8.42 Å². The van der Waals surface area contributed by atoms with E-state index in [1.54, 1.807) is 4.31 Å². The average molecular weight is 317 g/mol. The van der Waals surface area contributed by atoms with Gasteiger partial charge in [0.2, 0.25) is 0 Å². The van der Waals surface area contributed by atoms with Crippen LogP contribution in [0.1, 0.15) is 52.4 Å². The van der Waals surface area contributed by atoms with E-state index in [4.69, 9.17) is 5.73 Å². The molecular formula is C15H31N3O2S. The first-order valence-corrected chi connectivity index (χ1v) is 9.85. The molecule has 2 aliphatic rings. The van der Waals surface area contributed by atoms with Gasteiger partial charge in [-0.15, -0.1) is 0 Å². The van der Waals surface area contributed by atoms with Gasteiger partial charge in [0.05, 0.1) is 0 Å². The molecule has 124 valence electrons. The normalized spacial score (nSPS) is 29.9. The van der Waals surface area contributed by atoms with Crippen LogP contribution in [0.5, 0.6) is 0 Å². The van der Waals surface area contributed by atoms with Crippen molar-refractivity contribution < 1.29 is 8.42 Å². The summed E-state index contributed by atoms with van der Waals surface area (Å²) >= 11 is 0. The summed E-state index contributed by atoms with van der Waals surface area (Å²) < 4.78 is 29.8. The Bertz CT molecular complexity index is 417. The zero-order valence-electron chi connectivity index (χ0n) is 13.4. The van der Waals surface area contributed by atoms with Crippen LogP contribution in [0.4, 0.5) is 0 Å². The van der Waals surface area contributed by atoms with E-state index in [0.717, 1.165) is 32.1 Å². The summed E-state index contributed by atoms with van der Waals surface area (Å²) in [6.45, 7) is 6.28. The lowest BCUT2D eigenvalue weighted by Crippen LogP contribution is -2.51. The predicted octanol–water partition coefficient (Wildman–Crippen LogP) is 1.71. The lowest BCUT2D eigenvalue weighted by molar-refractivity contribution is 0.218. The molecule has 0 radical (unpaired) electrons. The van der Waals surface area contributed by atoms with E-state index in [2.05, 4.69) is 18.6 Å². The third-order valence-corrected chi connectivity index (χ3v) is 6.87. The van der Waals surface area contributed by atoms with Crippen LogP contribution < -0.4 is 10.5 Å². The third-order valence-electron chi connectivity index (χ3n) is 5.22. The van der Waals surface area contributed by atoms with Gasteiger partial charge in [-0.05, 0) is 50.0 Å². The van der Waals surface area contributed by atoms with Gasteiger partial charge in [-0.2, -0.15) is 17.4 Å². The van der Waals surface area contributed by atoms with E-state index in [0.29, 0.717) is 37.4 Å². The van der Waals surface area contributed by atoms with Gasteiger partial charge in [-0.1, -0.05) is 26.7 Å². The fourth-order valence-corrected chi connectivity index (χ4v) is 5.27. The van der Waals surface area contributed by atoms with E-state index >= 15 is 0 Å². The molecule has 0 aromatic rings. The summed E-state index contributed by atoms with van der Waals surface area (Å²) in [5.41, 5.74) is 5.68. The number of hydrogen-bond donors (Lipinski definition) is 2. The summed E-state index contributed by atoms with van der Waals surface area (Å²) in [5.74, 6) is 1.48. The SMILES string of the molecule is CC(C)C1CCCCC1NS(=O)(=O)N1CCC(CN)CC1. The minimum absolute atomic E-state index is 0.107. The molecule has 1 saturated heterocycles. The van der Waals surface area contributed by atoms with E-state index in [-0.39, 0.29) is 6.04 Å². The second-order valence-electron chi connectivity index (χ2n) is 7.00. The van der Waals surface area contributed by atoms with Crippen LogP contribution in [-0.2, 0) is 10.2 Å². The molecule has 2 unspecified atom stereocenters. The highest BCUT2D eigenvalue weighted by atomic mass is 32.2. The minimum atomic E-state index is -3.34. The Morgan fingerprint density at radius 1 is 1.14 bits per heavy atom. The zero-order chi connectivity index (χ0) is 15.5. The highest BCUT2D eigenvalue weighted by Crippen LogP contribution is 2.31. The molecule has 1 heterocycles. The maximum absolute atomic E-state index is 12.6. The molecule has 0 bridgehead atoms. The highest BCUT2D eigenvalue weighted by molar-refractivity contribution is 7.87. The van der Waals surface area contributed by atoms with Crippen molar-refractivity contribution in [2.45, 2.75) is 58.4 Å². The van der Waals surface area contributed by atoms with Gasteiger partial charge in [-0.3, -0.25) is 0 Å². The first kappa shape index (κ1) is 17.2. The molecule has 3 N–H and O–H groups in total. The fourth-order valence-electron chi connectivity index (χ4n) is 3.75. The standard InChI is InChI=1S/C15H31N3O2S/c1-12(2)14-5-3-4-6-15(14)17-21(19,20)18-9-7-13(11-16)8-10-18/h12-15,17H,3-11,16H2,1-2H3. The van der Waals surface area contributed by atoms with E-state index in [1.807, 2.05) is 0 Å². The average Bonchev–Trinajstić information content (AvgIpc) is 2.47. The van der Waals surface area contributed by atoms with Crippen LogP contribution in [0.3, 0.4) is 0 Å². The molecule has 2 atom stereocenters. The van der Waals surface area contributed by atoms with Crippen molar-refractivity contribution in [2.75, 3.05) is 19.6 Å². The Morgan fingerprint density at radius 2 is 1.76 bits per heavy atom. The van der Waals surface area contributed by atoms with Gasteiger partial charge in [0, 0.05) is 19.1 Å². The van der Waals surface area contributed by atoms with Crippen molar-refractivity contribution in [3.63, 3.8) is 0 Å². The molecule has 0 aromatic carbocycles. The van der Waals surface area contributed by atoms with Gasteiger partial charge in [0.25, 0.3) is 10.2 Å². The molecule has 1 saturated carbocycles. The van der Waals surface area contributed by atoms with Crippen LogP contribution in [0.2, 0.25) is 0 Å². The van der Waals surface area contributed by atoms with E-state index < -0.39 is 10.2 Å². The minimum Gasteiger partial charge on any atom is -0.330 e. The number of piperidine rings is 1. The Hall–Kier alpha value is -0.170. The maximum atomic E-state index is 12.6. The Balaban J connectivity index is 1.96. The van der Waals surface area contributed by atoms with Gasteiger partial charge in [0.15, 0.2) is 0 Å². The van der Waals surface area contributed by atoms with Crippen LogP contribution >= 0.6 is 0 Å². The van der Waals surface area contributed by atoms with Crippen molar-refractivity contribution in [3.8, 4) is 0 Å². The van der Waals surface area contributed by atoms with Crippen LogP contribution in [0, 0.1) is 17.8 Å². The van der Waals surface area contributed by atoms with Crippen LogP contribution in [0.15, 0.2) is 0 Å². The molecule has 1 aliphatic carbocycles. The quantitative estimate of drug-likeness (QED) is 0.810. The van der Waals surface area contributed by atoms with Crippen LogP contribution in [0.25, 0.3) is 0 Å². The molecule has 6 heteroatoms. The molecule has 0 amide bonds. The third kappa shape index (κ3) is 4.41. The lowest BCUT2D eigenvalue weighted by atomic mass is 9.78. The molecule has 0 aromatic heterocycles. The van der Waals surface area contributed by atoms with Crippen molar-refractivity contribution in [2.24, 2.45) is 23.5 Å². The zero-order valence-corrected chi connectivity index (χ0v) is 14.2. The highest BCUT2D eigenvalue weighted by Gasteiger charge is 2.34. The van der Waals surface area contributed by atoms with Gasteiger partial charge >= 0.3 is 0 Å². The smallest absolute Gasteiger partial charge is 0.279 e. The number of nitrogens with one attached hydrogen (secondary N) is 1. The number of hydrogen-bond acceptors (Lipinski definition) is 3. The predicted molar refractivity (Wildman–Crippen MR) is 86.0 cm³/mol. The fraction of sp³-hybridized carbons (Fsp3) is 1.00. The second-order valence-corrected chi connectivity index (χ2v) is 8.70. The van der Waals surface area contributed by atoms with Gasteiger partial charge in [0.1, 0.15) is 0 Å². The molecular weight excluding hydrogens is 286 g/mol. The molecule has 1 aliphatic heterocycles. The van der Waals surface area contributed by atoms with Crippen molar-refractivity contribution in [3.05, 3.63) is 0 Å². The van der Waals surface area contributed by atoms with Crippen molar-refractivity contribution in [1.29, 1.82) is 0 Å². The lowest BCUT2D eigenvalue weighted by Gasteiger charge is -2.37. The van der Waals surface area contributed by atoms with Crippen LogP contribution in [-0.4, -0.2) is 38.4 Å². The largest absolute Gasteiger partial charge is 0.330 e. The first-order chi connectivity index (χ1) is 9.94. The number of nitrogens with two attached hydrogens (primary N) is 1. The molecule has 5 nitrogen and oxygen atoms in total. The Kier molecular flexibility index (Phi) is 6.05. The summed E-state index contributed by atoms with van der Waals surface area (Å²) in [4.78, 5) is 0. The molecule has 2 fully saturated rings. The monoisotopic (exact) mass is 317 g/mol. The maximum Gasteiger partial charge on any atom is 0.279 e. The molecule has 21 heavy (non-hydrogen) atoms. The van der Waals surface area contributed by atoms with Crippen molar-refractivity contribution in [1.82, 2.24) is 9.03 Å². The summed E-state index contributed by atoms with van der Waals surface area (Å²) in [6.07, 6.45) is 6.24. The Morgan fingerprint density at radius 3 is 2.33 bits per heavy atom. The Labute approximate surface area is 129 Å². The number of rotatable bonds is 5.